The van der Waals surface area contributed by atoms with Crippen molar-refractivity contribution in [2.45, 2.75) is 31.6 Å². The second-order valence-corrected chi connectivity index (χ2v) is 7.90. The van der Waals surface area contributed by atoms with Gasteiger partial charge in [0.05, 0.1) is 10.6 Å². The second kappa shape index (κ2) is 6.53. The maximum absolute atomic E-state index is 12.5. The van der Waals surface area contributed by atoms with Crippen molar-refractivity contribution >= 4 is 41.7 Å². The third-order valence-electron chi connectivity index (χ3n) is 3.45. The molecule has 5 heteroatoms. The van der Waals surface area contributed by atoms with Crippen LogP contribution in [0.4, 0.5) is 0 Å². The van der Waals surface area contributed by atoms with Crippen LogP contribution in [0.15, 0.2) is 33.6 Å². The molecule has 1 aromatic carbocycles. The fourth-order valence-electron chi connectivity index (χ4n) is 1.86. The zero-order valence-electron chi connectivity index (χ0n) is 10.6. The van der Waals surface area contributed by atoms with E-state index in [2.05, 4.69) is 31.9 Å². The van der Waals surface area contributed by atoms with Crippen LogP contribution in [-0.4, -0.2) is 19.5 Å². The Hall–Kier alpha value is 0.130. The summed E-state index contributed by atoms with van der Waals surface area (Å²) in [6, 6.07) is 7.00. The summed E-state index contributed by atoms with van der Waals surface area (Å²) in [6.07, 6.45) is 1.69. The Morgan fingerprint density at radius 3 is 2.17 bits per heavy atom. The normalized spacial score (nSPS) is 12.7. The molecule has 0 fully saturated rings. The number of alkyl halides is 1. The van der Waals surface area contributed by atoms with Crippen LogP contribution >= 0.6 is 31.9 Å². The molecule has 2 nitrogen and oxygen atoms in total. The quantitative estimate of drug-likeness (QED) is 0.665. The number of benzene rings is 1. The van der Waals surface area contributed by atoms with Crippen molar-refractivity contribution in [2.75, 3.05) is 11.1 Å². The molecule has 0 unspecified atom stereocenters. The van der Waals surface area contributed by atoms with Crippen molar-refractivity contribution in [3.63, 3.8) is 0 Å². The van der Waals surface area contributed by atoms with Crippen LogP contribution in [-0.2, 0) is 9.84 Å². The molecule has 0 radical (unpaired) electrons. The maximum Gasteiger partial charge on any atom is 0.180 e. The van der Waals surface area contributed by atoms with Crippen LogP contribution in [0.3, 0.4) is 0 Å². The molecule has 102 valence electrons. The molecule has 0 aliphatic rings. The number of rotatable bonds is 6. The van der Waals surface area contributed by atoms with Gasteiger partial charge in [-0.25, -0.2) is 8.42 Å². The molecule has 0 atom stereocenters. The van der Waals surface area contributed by atoms with Gasteiger partial charge in [0.2, 0.25) is 0 Å². The lowest BCUT2D eigenvalue weighted by Gasteiger charge is -2.29. The minimum absolute atomic E-state index is 0.181. The fraction of sp³-hybridized carbons (Fsp3) is 0.538. The van der Waals surface area contributed by atoms with Crippen LogP contribution in [0.2, 0.25) is 0 Å². The Morgan fingerprint density at radius 1 is 1.17 bits per heavy atom. The summed E-state index contributed by atoms with van der Waals surface area (Å²) >= 11 is 6.78. The Morgan fingerprint density at radius 2 is 1.72 bits per heavy atom. The van der Waals surface area contributed by atoms with E-state index >= 15 is 0 Å². The molecule has 0 heterocycles. The third kappa shape index (κ3) is 3.58. The van der Waals surface area contributed by atoms with E-state index in [1.807, 2.05) is 19.9 Å². The zero-order valence-corrected chi connectivity index (χ0v) is 14.6. The fourth-order valence-corrected chi connectivity index (χ4v) is 6.26. The first kappa shape index (κ1) is 16.2. The average Bonchev–Trinajstić information content (AvgIpc) is 2.36. The van der Waals surface area contributed by atoms with E-state index in [1.54, 1.807) is 18.2 Å². The predicted molar refractivity (Wildman–Crippen MR) is 83.0 cm³/mol. The van der Waals surface area contributed by atoms with Gasteiger partial charge >= 0.3 is 0 Å². The first-order valence-electron chi connectivity index (χ1n) is 5.94. The summed E-state index contributed by atoms with van der Waals surface area (Å²) in [7, 11) is -3.26. The largest absolute Gasteiger partial charge is 0.224 e. The van der Waals surface area contributed by atoms with Crippen LogP contribution in [0, 0.1) is 5.41 Å². The predicted octanol–water partition coefficient (Wildman–Crippen LogP) is 4.42. The van der Waals surface area contributed by atoms with Crippen molar-refractivity contribution < 1.29 is 8.42 Å². The minimum atomic E-state index is -3.26. The number of hydrogen-bond acceptors (Lipinski definition) is 2. The molecule has 0 N–H and O–H groups in total. The highest BCUT2D eigenvalue weighted by Crippen LogP contribution is 2.34. The van der Waals surface area contributed by atoms with Crippen molar-refractivity contribution in [2.24, 2.45) is 5.41 Å². The third-order valence-corrected chi connectivity index (χ3v) is 7.61. The van der Waals surface area contributed by atoms with Crippen LogP contribution < -0.4 is 0 Å². The Kier molecular flexibility index (Phi) is 5.87. The van der Waals surface area contributed by atoms with E-state index in [4.69, 9.17) is 0 Å². The Bertz CT molecular complexity index is 485. The van der Waals surface area contributed by atoms with Crippen molar-refractivity contribution in [3.8, 4) is 0 Å². The molecular formula is C13H18Br2O2S. The van der Waals surface area contributed by atoms with Crippen LogP contribution in [0.5, 0.6) is 0 Å². The van der Waals surface area contributed by atoms with E-state index in [0.717, 1.165) is 12.8 Å². The van der Waals surface area contributed by atoms with Gasteiger partial charge < -0.3 is 0 Å². The molecule has 0 saturated carbocycles. The highest BCUT2D eigenvalue weighted by atomic mass is 79.9. The molecule has 0 aromatic heterocycles. The molecule has 0 spiro atoms. The Balaban J connectivity index is 3.13. The highest BCUT2D eigenvalue weighted by Gasteiger charge is 2.32. The first-order valence-corrected chi connectivity index (χ1v) is 9.50. The van der Waals surface area contributed by atoms with Gasteiger partial charge in [-0.1, -0.05) is 41.9 Å². The highest BCUT2D eigenvalue weighted by molar-refractivity contribution is 9.10. The molecule has 1 rings (SSSR count). The standard InChI is InChI=1S/C13H18Br2O2S/c1-3-13(4-2,9-14)10-18(16,17)12-8-6-5-7-11(12)15/h5-8H,3-4,9-10H2,1-2H3. The summed E-state index contributed by atoms with van der Waals surface area (Å²) in [5.74, 6) is 0.181. The topological polar surface area (TPSA) is 34.1 Å². The van der Waals surface area contributed by atoms with Crippen LogP contribution in [0.25, 0.3) is 0 Å². The van der Waals surface area contributed by atoms with Gasteiger partial charge in [-0.3, -0.25) is 0 Å². The van der Waals surface area contributed by atoms with E-state index in [0.29, 0.717) is 14.7 Å². The smallest absolute Gasteiger partial charge is 0.180 e. The average molecular weight is 398 g/mol. The van der Waals surface area contributed by atoms with Crippen molar-refractivity contribution in [3.05, 3.63) is 28.7 Å². The van der Waals surface area contributed by atoms with Gasteiger partial charge in [-0.15, -0.1) is 0 Å². The van der Waals surface area contributed by atoms with Crippen molar-refractivity contribution in [1.82, 2.24) is 0 Å². The number of hydrogen-bond donors (Lipinski definition) is 0. The molecule has 0 aliphatic carbocycles. The summed E-state index contributed by atoms with van der Waals surface area (Å²) in [4.78, 5) is 0.386. The lowest BCUT2D eigenvalue weighted by Crippen LogP contribution is -2.31. The van der Waals surface area contributed by atoms with E-state index < -0.39 is 9.84 Å². The molecule has 1 aromatic rings. The molecule has 0 amide bonds. The lowest BCUT2D eigenvalue weighted by atomic mass is 9.87. The summed E-state index contributed by atoms with van der Waals surface area (Å²) in [6.45, 7) is 4.08. The number of sulfone groups is 1. The van der Waals surface area contributed by atoms with E-state index in [9.17, 15) is 8.42 Å². The summed E-state index contributed by atoms with van der Waals surface area (Å²) in [5.41, 5.74) is -0.186. The Labute approximate surface area is 126 Å². The lowest BCUT2D eigenvalue weighted by molar-refractivity contribution is 0.351. The first-order chi connectivity index (χ1) is 8.40. The maximum atomic E-state index is 12.5. The van der Waals surface area contributed by atoms with Gasteiger partial charge in [-0.2, -0.15) is 0 Å². The minimum Gasteiger partial charge on any atom is -0.224 e. The number of halogens is 2. The molecule has 0 aliphatic heterocycles. The molecule has 18 heavy (non-hydrogen) atoms. The van der Waals surface area contributed by atoms with Gasteiger partial charge in [-0.05, 0) is 46.3 Å². The van der Waals surface area contributed by atoms with E-state index in [1.165, 1.54) is 0 Å². The van der Waals surface area contributed by atoms with Crippen molar-refractivity contribution in [1.29, 1.82) is 0 Å². The van der Waals surface area contributed by atoms with E-state index in [-0.39, 0.29) is 11.2 Å². The SMILES string of the molecule is CCC(CC)(CBr)CS(=O)(=O)c1ccccc1Br. The molecular weight excluding hydrogens is 380 g/mol. The van der Waals surface area contributed by atoms with Gasteiger partial charge in [0, 0.05) is 9.80 Å². The molecule has 0 saturated heterocycles. The summed E-state index contributed by atoms with van der Waals surface area (Å²) < 4.78 is 25.6. The van der Waals surface area contributed by atoms with Crippen LogP contribution in [0.1, 0.15) is 26.7 Å². The second-order valence-electron chi connectivity index (χ2n) is 4.53. The zero-order chi connectivity index (χ0) is 13.8. The van der Waals surface area contributed by atoms with Gasteiger partial charge in [0.15, 0.2) is 9.84 Å². The molecule has 0 bridgehead atoms. The monoisotopic (exact) mass is 396 g/mol. The summed E-state index contributed by atoms with van der Waals surface area (Å²) in [5, 5.41) is 0.705. The van der Waals surface area contributed by atoms with Gasteiger partial charge in [0.1, 0.15) is 0 Å². The van der Waals surface area contributed by atoms with Gasteiger partial charge in [0.25, 0.3) is 0 Å².